The normalized spacial score (nSPS) is 23.2. The van der Waals surface area contributed by atoms with Gasteiger partial charge in [0.15, 0.2) is 0 Å². The highest BCUT2D eigenvalue weighted by atomic mass is 16.2. The van der Waals surface area contributed by atoms with Gasteiger partial charge in [-0.25, -0.2) is 0 Å². The van der Waals surface area contributed by atoms with Crippen molar-refractivity contribution in [2.75, 3.05) is 26.2 Å². The van der Waals surface area contributed by atoms with Crippen molar-refractivity contribution in [2.45, 2.75) is 32.1 Å². The molecule has 0 aromatic heterocycles. The van der Waals surface area contributed by atoms with E-state index in [-0.39, 0.29) is 5.92 Å². The minimum absolute atomic E-state index is 0.272. The van der Waals surface area contributed by atoms with E-state index in [1.165, 1.54) is 19.3 Å². The molecule has 0 unspecified atom stereocenters. The maximum Gasteiger partial charge on any atom is 0.225 e. The summed E-state index contributed by atoms with van der Waals surface area (Å²) in [5, 5.41) is 0. The second kappa shape index (κ2) is 5.37. The Bertz CT molecular complexity index is 251. The Morgan fingerprint density at radius 1 is 1.06 bits per heavy atom. The predicted octanol–water partition coefficient (Wildman–Crippen LogP) is 1.85. The van der Waals surface area contributed by atoms with Gasteiger partial charge in [0.1, 0.15) is 0 Å². The fourth-order valence-electron chi connectivity index (χ4n) is 2.70. The third-order valence-electron chi connectivity index (χ3n) is 3.80. The van der Waals surface area contributed by atoms with E-state index in [0.29, 0.717) is 5.91 Å². The molecular weight excluding hydrogens is 200 g/mol. The van der Waals surface area contributed by atoms with Crippen LogP contribution in [-0.2, 0) is 4.79 Å². The Morgan fingerprint density at radius 3 is 2.25 bits per heavy atom. The summed E-state index contributed by atoms with van der Waals surface area (Å²) in [6.45, 7) is 7.74. The summed E-state index contributed by atoms with van der Waals surface area (Å²) in [5.41, 5.74) is 0. The number of likely N-dealkylation sites (tertiary alicyclic amines) is 2. The van der Waals surface area contributed by atoms with E-state index in [9.17, 15) is 4.79 Å². The van der Waals surface area contributed by atoms with Crippen molar-refractivity contribution in [1.82, 2.24) is 9.80 Å². The van der Waals surface area contributed by atoms with Gasteiger partial charge in [0, 0.05) is 32.1 Å². The Morgan fingerprint density at radius 2 is 1.69 bits per heavy atom. The molecule has 0 atom stereocenters. The van der Waals surface area contributed by atoms with E-state index in [1.54, 1.807) is 0 Å². The molecule has 2 rings (SSSR count). The number of piperidine rings is 2. The van der Waals surface area contributed by atoms with Gasteiger partial charge in [0.05, 0.1) is 0 Å². The van der Waals surface area contributed by atoms with Crippen molar-refractivity contribution < 1.29 is 4.79 Å². The molecule has 2 fully saturated rings. The lowest BCUT2D eigenvalue weighted by atomic mass is 9.94. The van der Waals surface area contributed by atoms with E-state index in [1.807, 2.05) is 6.20 Å². The molecule has 2 aliphatic heterocycles. The molecular formula is C13H22N2O. The largest absolute Gasteiger partial charge is 0.378 e. The molecule has 0 bridgehead atoms. The van der Waals surface area contributed by atoms with Crippen LogP contribution < -0.4 is 0 Å². The smallest absolute Gasteiger partial charge is 0.225 e. The highest BCUT2D eigenvalue weighted by molar-refractivity contribution is 5.79. The average Bonchev–Trinajstić information content (AvgIpc) is 2.39. The Balaban J connectivity index is 1.83. The maximum atomic E-state index is 12.2. The highest BCUT2D eigenvalue weighted by Gasteiger charge is 2.28. The Hall–Kier alpha value is -0.990. The first-order valence-electron chi connectivity index (χ1n) is 6.46. The van der Waals surface area contributed by atoms with Crippen LogP contribution in [0.5, 0.6) is 0 Å². The van der Waals surface area contributed by atoms with E-state index in [4.69, 9.17) is 0 Å². The van der Waals surface area contributed by atoms with Gasteiger partial charge in [0.2, 0.25) is 5.91 Å². The quantitative estimate of drug-likeness (QED) is 0.712. The molecule has 1 amide bonds. The number of carbonyl (C=O) groups is 1. The summed E-state index contributed by atoms with van der Waals surface area (Å²) in [5.74, 6) is 0.678. The molecule has 3 heteroatoms. The first-order valence-corrected chi connectivity index (χ1v) is 6.46. The van der Waals surface area contributed by atoms with Crippen molar-refractivity contribution in [1.29, 1.82) is 0 Å². The van der Waals surface area contributed by atoms with Crippen LogP contribution in [-0.4, -0.2) is 41.9 Å². The third-order valence-corrected chi connectivity index (χ3v) is 3.80. The number of hydrogen-bond donors (Lipinski definition) is 0. The van der Waals surface area contributed by atoms with Crippen molar-refractivity contribution in [3.8, 4) is 0 Å². The van der Waals surface area contributed by atoms with Crippen molar-refractivity contribution in [3.63, 3.8) is 0 Å². The second-order valence-electron chi connectivity index (χ2n) is 4.88. The first-order chi connectivity index (χ1) is 7.81. The fraction of sp³-hybridized carbons (Fsp3) is 0.769. The van der Waals surface area contributed by atoms with E-state index in [0.717, 1.165) is 39.0 Å². The van der Waals surface area contributed by atoms with Crippen LogP contribution in [0, 0.1) is 5.92 Å². The van der Waals surface area contributed by atoms with Crippen molar-refractivity contribution >= 4 is 5.91 Å². The maximum absolute atomic E-state index is 12.2. The standard InChI is InChI=1S/C13H22N2O/c1-2-14-10-6-12(7-11-14)13(16)15-8-4-3-5-9-15/h2,12H,1,3-11H2. The summed E-state index contributed by atoms with van der Waals surface area (Å²) >= 11 is 0. The SMILES string of the molecule is C=CN1CCC(C(=O)N2CCCCC2)CC1. The summed E-state index contributed by atoms with van der Waals surface area (Å²) in [7, 11) is 0. The number of amides is 1. The predicted molar refractivity (Wildman–Crippen MR) is 64.9 cm³/mol. The number of nitrogens with zero attached hydrogens (tertiary/aromatic N) is 2. The summed E-state index contributed by atoms with van der Waals surface area (Å²) in [4.78, 5) is 16.5. The lowest BCUT2D eigenvalue weighted by Crippen LogP contribution is -2.43. The molecule has 2 heterocycles. The minimum atomic E-state index is 0.272. The minimum Gasteiger partial charge on any atom is -0.378 e. The van der Waals surface area contributed by atoms with Gasteiger partial charge in [-0.2, -0.15) is 0 Å². The van der Waals surface area contributed by atoms with Crippen LogP contribution in [0.15, 0.2) is 12.8 Å². The zero-order valence-electron chi connectivity index (χ0n) is 10.0. The molecule has 2 saturated heterocycles. The van der Waals surface area contributed by atoms with Crippen LogP contribution in [0.25, 0.3) is 0 Å². The molecule has 2 aliphatic rings. The zero-order valence-corrected chi connectivity index (χ0v) is 10.0. The molecule has 0 radical (unpaired) electrons. The highest BCUT2D eigenvalue weighted by Crippen LogP contribution is 2.21. The third kappa shape index (κ3) is 2.57. The first kappa shape index (κ1) is 11.5. The van der Waals surface area contributed by atoms with Gasteiger partial charge in [-0.3, -0.25) is 4.79 Å². The fourth-order valence-corrected chi connectivity index (χ4v) is 2.70. The van der Waals surface area contributed by atoms with Crippen LogP contribution in [0.4, 0.5) is 0 Å². The summed E-state index contributed by atoms with van der Waals surface area (Å²) in [6.07, 6.45) is 7.57. The van der Waals surface area contributed by atoms with Crippen LogP contribution >= 0.6 is 0 Å². The molecule has 0 N–H and O–H groups in total. The van der Waals surface area contributed by atoms with Gasteiger partial charge in [-0.1, -0.05) is 6.58 Å². The van der Waals surface area contributed by atoms with E-state index >= 15 is 0 Å². The zero-order chi connectivity index (χ0) is 11.4. The number of rotatable bonds is 2. The second-order valence-corrected chi connectivity index (χ2v) is 4.88. The van der Waals surface area contributed by atoms with Gasteiger partial charge < -0.3 is 9.80 Å². The molecule has 0 aromatic rings. The van der Waals surface area contributed by atoms with Crippen molar-refractivity contribution in [2.24, 2.45) is 5.92 Å². The molecule has 16 heavy (non-hydrogen) atoms. The number of carbonyl (C=O) groups excluding carboxylic acids is 1. The van der Waals surface area contributed by atoms with E-state index in [2.05, 4.69) is 16.4 Å². The summed E-state index contributed by atoms with van der Waals surface area (Å²) < 4.78 is 0. The molecule has 0 saturated carbocycles. The molecule has 0 aromatic carbocycles. The summed E-state index contributed by atoms with van der Waals surface area (Å²) in [6, 6.07) is 0. The number of hydrogen-bond acceptors (Lipinski definition) is 2. The van der Waals surface area contributed by atoms with Gasteiger partial charge in [0.25, 0.3) is 0 Å². The Kier molecular flexibility index (Phi) is 3.86. The van der Waals surface area contributed by atoms with Crippen LogP contribution in [0.2, 0.25) is 0 Å². The van der Waals surface area contributed by atoms with Crippen LogP contribution in [0.3, 0.4) is 0 Å². The van der Waals surface area contributed by atoms with Gasteiger partial charge in [-0.05, 0) is 38.3 Å². The molecule has 90 valence electrons. The lowest BCUT2D eigenvalue weighted by molar-refractivity contribution is -0.137. The van der Waals surface area contributed by atoms with Gasteiger partial charge in [-0.15, -0.1) is 0 Å². The molecule has 3 nitrogen and oxygen atoms in total. The van der Waals surface area contributed by atoms with Crippen LogP contribution in [0.1, 0.15) is 32.1 Å². The van der Waals surface area contributed by atoms with Gasteiger partial charge >= 0.3 is 0 Å². The monoisotopic (exact) mass is 222 g/mol. The van der Waals surface area contributed by atoms with Crippen molar-refractivity contribution in [3.05, 3.63) is 12.8 Å². The van der Waals surface area contributed by atoms with E-state index < -0.39 is 0 Å². The average molecular weight is 222 g/mol. The lowest BCUT2D eigenvalue weighted by Gasteiger charge is -2.35. The topological polar surface area (TPSA) is 23.6 Å². The Labute approximate surface area is 98.1 Å². The molecule has 0 spiro atoms. The molecule has 0 aliphatic carbocycles.